The van der Waals surface area contributed by atoms with Gasteiger partial charge < -0.3 is 10.3 Å². The minimum atomic E-state index is -0.0339. The van der Waals surface area contributed by atoms with Crippen molar-refractivity contribution >= 4 is 27.5 Å². The molecule has 1 aromatic heterocycles. The first-order valence-electron chi connectivity index (χ1n) is 6.22. The third-order valence-corrected chi connectivity index (χ3v) is 3.85. The molecule has 0 bridgehead atoms. The second-order valence-electron chi connectivity index (χ2n) is 5.02. The van der Waals surface area contributed by atoms with Gasteiger partial charge in [0.2, 0.25) is 0 Å². The monoisotopic (exact) mass is 341 g/mol. The molecule has 1 heterocycles. The topological polar surface area (TPSA) is 43.8 Å². The Balaban J connectivity index is 2.41. The van der Waals surface area contributed by atoms with Crippen LogP contribution in [0.4, 0.5) is 0 Å². The lowest BCUT2D eigenvalue weighted by Gasteiger charge is -2.17. The maximum Gasteiger partial charge on any atom is 0.0995 e. The normalized spacial score (nSPS) is 12.9. The minimum absolute atomic E-state index is 0.0339. The van der Waals surface area contributed by atoms with Crippen LogP contribution in [0.5, 0.6) is 0 Å². The van der Waals surface area contributed by atoms with Crippen molar-refractivity contribution in [3.8, 4) is 5.69 Å². The molecule has 0 aliphatic heterocycles. The molecule has 0 saturated carbocycles. The molecule has 2 N–H and O–H groups in total. The molecule has 2 aromatic rings. The molecule has 0 saturated heterocycles. The maximum absolute atomic E-state index is 6.26. The van der Waals surface area contributed by atoms with Crippen LogP contribution in [0.25, 0.3) is 5.69 Å². The summed E-state index contributed by atoms with van der Waals surface area (Å²) in [7, 11) is 0. The smallest absolute Gasteiger partial charge is 0.0995 e. The van der Waals surface area contributed by atoms with Gasteiger partial charge in [0.25, 0.3) is 0 Å². The lowest BCUT2D eigenvalue weighted by atomic mass is 10.0. The molecule has 3 nitrogen and oxygen atoms in total. The van der Waals surface area contributed by atoms with E-state index in [1.807, 2.05) is 29.0 Å². The fraction of sp³-hybridized carbons (Fsp3) is 0.357. The molecule has 1 unspecified atom stereocenters. The van der Waals surface area contributed by atoms with Gasteiger partial charge in [-0.25, -0.2) is 4.98 Å². The first-order valence-corrected chi connectivity index (χ1v) is 7.39. The molecule has 2 rings (SSSR count). The van der Waals surface area contributed by atoms with Crippen molar-refractivity contribution < 1.29 is 0 Å². The highest BCUT2D eigenvalue weighted by Gasteiger charge is 2.15. The Morgan fingerprint density at radius 1 is 1.42 bits per heavy atom. The highest BCUT2D eigenvalue weighted by atomic mass is 79.9. The molecule has 0 aliphatic rings. The predicted octanol–water partition coefficient (Wildman–Crippen LogP) is 4.33. The molecule has 102 valence electrons. The van der Waals surface area contributed by atoms with Crippen LogP contribution in [-0.4, -0.2) is 9.55 Å². The molecule has 0 fully saturated rings. The number of hydrogen-bond acceptors (Lipinski definition) is 2. The number of hydrogen-bond donors (Lipinski definition) is 1. The summed E-state index contributed by atoms with van der Waals surface area (Å²) >= 11 is 9.60. The molecular formula is C14H17BrClN3. The largest absolute Gasteiger partial charge is 0.323 e. The summed E-state index contributed by atoms with van der Waals surface area (Å²) in [5.74, 6) is 0.543. The standard InChI is InChI=1S/C14H17BrClN3/c1-9(2)5-12(17)14-7-18-8-19(14)13-6-10(16)3-4-11(13)15/h3-4,6-9,12H,5,17H2,1-2H3. The van der Waals surface area contributed by atoms with E-state index in [1.165, 1.54) is 0 Å². The SMILES string of the molecule is CC(C)CC(N)c1cncn1-c1cc(Cl)ccc1Br. The van der Waals surface area contributed by atoms with Crippen LogP contribution in [0.15, 0.2) is 35.2 Å². The Bertz CT molecular complexity index is 566. The van der Waals surface area contributed by atoms with Crippen LogP contribution in [0.2, 0.25) is 5.02 Å². The first-order chi connectivity index (χ1) is 8.99. The van der Waals surface area contributed by atoms with Crippen LogP contribution in [0.3, 0.4) is 0 Å². The van der Waals surface area contributed by atoms with Gasteiger partial charge >= 0.3 is 0 Å². The predicted molar refractivity (Wildman–Crippen MR) is 82.7 cm³/mol. The quantitative estimate of drug-likeness (QED) is 0.898. The van der Waals surface area contributed by atoms with Crippen LogP contribution < -0.4 is 5.73 Å². The summed E-state index contributed by atoms with van der Waals surface area (Å²) in [6, 6.07) is 5.64. The van der Waals surface area contributed by atoms with E-state index in [4.69, 9.17) is 17.3 Å². The van der Waals surface area contributed by atoms with Gasteiger partial charge in [-0.15, -0.1) is 0 Å². The zero-order chi connectivity index (χ0) is 14.0. The summed E-state index contributed by atoms with van der Waals surface area (Å²) in [5, 5.41) is 0.690. The van der Waals surface area contributed by atoms with Gasteiger partial charge in [0, 0.05) is 15.5 Å². The van der Waals surface area contributed by atoms with Gasteiger partial charge in [0.1, 0.15) is 0 Å². The summed E-state index contributed by atoms with van der Waals surface area (Å²) < 4.78 is 2.95. The summed E-state index contributed by atoms with van der Waals surface area (Å²) in [6.45, 7) is 4.33. The third-order valence-electron chi connectivity index (χ3n) is 2.94. The fourth-order valence-corrected chi connectivity index (χ4v) is 2.68. The van der Waals surface area contributed by atoms with Crippen LogP contribution in [0.1, 0.15) is 32.0 Å². The number of benzene rings is 1. The fourth-order valence-electron chi connectivity index (χ4n) is 2.08. The highest BCUT2D eigenvalue weighted by molar-refractivity contribution is 9.10. The van der Waals surface area contributed by atoms with Crippen molar-refractivity contribution in [2.45, 2.75) is 26.3 Å². The van der Waals surface area contributed by atoms with E-state index >= 15 is 0 Å². The summed E-state index contributed by atoms with van der Waals surface area (Å²) in [4.78, 5) is 4.22. The van der Waals surface area contributed by atoms with Crippen LogP contribution >= 0.6 is 27.5 Å². The number of imidazole rings is 1. The summed E-state index contributed by atoms with van der Waals surface area (Å²) in [5.41, 5.74) is 8.21. The molecule has 1 aromatic carbocycles. The average molecular weight is 343 g/mol. The van der Waals surface area contributed by atoms with Crippen molar-refractivity contribution in [2.24, 2.45) is 11.7 Å². The van der Waals surface area contributed by atoms with Crippen molar-refractivity contribution in [3.63, 3.8) is 0 Å². The average Bonchev–Trinajstić information content (AvgIpc) is 2.80. The Kier molecular flexibility index (Phi) is 4.66. The number of rotatable bonds is 4. The van der Waals surface area contributed by atoms with E-state index < -0.39 is 0 Å². The lowest BCUT2D eigenvalue weighted by Crippen LogP contribution is -2.16. The Morgan fingerprint density at radius 3 is 2.84 bits per heavy atom. The summed E-state index contributed by atoms with van der Waals surface area (Å²) in [6.07, 6.45) is 4.51. The van der Waals surface area contributed by atoms with Crippen LogP contribution in [0, 0.1) is 5.92 Å². The van der Waals surface area contributed by atoms with E-state index in [-0.39, 0.29) is 6.04 Å². The van der Waals surface area contributed by atoms with E-state index in [0.29, 0.717) is 10.9 Å². The van der Waals surface area contributed by atoms with Gasteiger partial charge in [0.05, 0.1) is 23.9 Å². The Hall–Kier alpha value is -0.840. The Labute approximate surface area is 126 Å². The van der Waals surface area contributed by atoms with Gasteiger partial charge in [-0.05, 0) is 46.5 Å². The molecule has 1 atom stereocenters. The lowest BCUT2D eigenvalue weighted by molar-refractivity contribution is 0.498. The number of nitrogens with zero attached hydrogens (tertiary/aromatic N) is 2. The number of aromatic nitrogens is 2. The van der Waals surface area contributed by atoms with Gasteiger partial charge in [-0.1, -0.05) is 25.4 Å². The molecule has 0 radical (unpaired) electrons. The number of halogens is 2. The zero-order valence-corrected chi connectivity index (χ0v) is 13.3. The minimum Gasteiger partial charge on any atom is -0.323 e. The molecule has 0 amide bonds. The molecule has 5 heteroatoms. The van der Waals surface area contributed by atoms with E-state index in [2.05, 4.69) is 34.8 Å². The van der Waals surface area contributed by atoms with Gasteiger partial charge in [0.15, 0.2) is 0 Å². The number of nitrogens with two attached hydrogens (primary N) is 1. The maximum atomic E-state index is 6.26. The second-order valence-corrected chi connectivity index (χ2v) is 6.31. The van der Waals surface area contributed by atoms with Crippen molar-refractivity contribution in [2.75, 3.05) is 0 Å². The van der Waals surface area contributed by atoms with Crippen molar-refractivity contribution in [1.82, 2.24) is 9.55 Å². The van der Waals surface area contributed by atoms with E-state index in [1.54, 1.807) is 6.33 Å². The van der Waals surface area contributed by atoms with Crippen molar-refractivity contribution in [1.29, 1.82) is 0 Å². The van der Waals surface area contributed by atoms with E-state index in [0.717, 1.165) is 22.3 Å². The molecule has 0 aliphatic carbocycles. The van der Waals surface area contributed by atoms with E-state index in [9.17, 15) is 0 Å². The van der Waals surface area contributed by atoms with Gasteiger partial charge in [-0.2, -0.15) is 0 Å². The van der Waals surface area contributed by atoms with Gasteiger partial charge in [-0.3, -0.25) is 0 Å². The molecule has 0 spiro atoms. The second kappa shape index (κ2) is 6.07. The molecular weight excluding hydrogens is 326 g/mol. The Morgan fingerprint density at radius 2 is 2.16 bits per heavy atom. The first kappa shape index (κ1) is 14.6. The van der Waals surface area contributed by atoms with Crippen molar-refractivity contribution in [3.05, 3.63) is 45.9 Å². The third kappa shape index (κ3) is 3.38. The zero-order valence-electron chi connectivity index (χ0n) is 11.0. The molecule has 19 heavy (non-hydrogen) atoms. The van der Waals surface area contributed by atoms with Crippen LogP contribution in [-0.2, 0) is 0 Å². The highest BCUT2D eigenvalue weighted by Crippen LogP contribution is 2.28.